The smallest absolute Gasteiger partial charge is 0.336 e. The molecule has 2 N–H and O–H groups in total. The van der Waals surface area contributed by atoms with E-state index in [4.69, 9.17) is 16.7 Å². The first-order chi connectivity index (χ1) is 8.88. The number of halogens is 1. The van der Waals surface area contributed by atoms with Crippen molar-refractivity contribution in [3.8, 4) is 0 Å². The molecule has 3 nitrogen and oxygen atoms in total. The van der Waals surface area contributed by atoms with Gasteiger partial charge in [0.1, 0.15) is 0 Å². The Morgan fingerprint density at radius 2 is 1.89 bits per heavy atom. The summed E-state index contributed by atoms with van der Waals surface area (Å²) in [5, 5.41) is 21.3. The third-order valence-corrected chi connectivity index (χ3v) is 4.28. The van der Waals surface area contributed by atoms with Crippen LogP contribution in [0.5, 0.6) is 0 Å². The first kappa shape index (κ1) is 14.2. The molecule has 1 atom stereocenters. The second-order valence-corrected chi connectivity index (χ2v) is 6.01. The van der Waals surface area contributed by atoms with Crippen LogP contribution in [0.1, 0.15) is 6.92 Å². The molecule has 0 aliphatic heterocycles. The van der Waals surface area contributed by atoms with Crippen LogP contribution in [0, 0.1) is 0 Å². The lowest BCUT2D eigenvalue weighted by molar-refractivity contribution is -0.154. The molecular formula is C14H13ClO3S. The van der Waals surface area contributed by atoms with E-state index in [0.29, 0.717) is 5.02 Å². The molecule has 0 fully saturated rings. The Morgan fingerprint density at radius 1 is 1.26 bits per heavy atom. The van der Waals surface area contributed by atoms with Crippen LogP contribution in [-0.2, 0) is 4.79 Å². The highest BCUT2D eigenvalue weighted by Gasteiger charge is 2.29. The highest BCUT2D eigenvalue weighted by Crippen LogP contribution is 2.27. The lowest BCUT2D eigenvalue weighted by atomic mass is 10.1. The Balaban J connectivity index is 2.18. The summed E-state index contributed by atoms with van der Waals surface area (Å²) in [5.74, 6) is -1.12. The van der Waals surface area contributed by atoms with Crippen LogP contribution >= 0.6 is 23.4 Å². The van der Waals surface area contributed by atoms with Gasteiger partial charge in [-0.3, -0.25) is 0 Å². The third kappa shape index (κ3) is 3.41. The Labute approximate surface area is 120 Å². The second-order valence-electron chi connectivity index (χ2n) is 4.52. The maximum atomic E-state index is 10.8. The van der Waals surface area contributed by atoms with Gasteiger partial charge in [-0.05, 0) is 42.0 Å². The van der Waals surface area contributed by atoms with E-state index in [1.165, 1.54) is 18.7 Å². The van der Waals surface area contributed by atoms with Gasteiger partial charge >= 0.3 is 5.97 Å². The van der Waals surface area contributed by atoms with Crippen molar-refractivity contribution in [2.24, 2.45) is 0 Å². The Kier molecular flexibility index (Phi) is 4.04. The summed E-state index contributed by atoms with van der Waals surface area (Å²) < 4.78 is 0. The summed E-state index contributed by atoms with van der Waals surface area (Å²) in [6.45, 7) is 1.29. The number of hydrogen-bond donors (Lipinski definition) is 2. The van der Waals surface area contributed by atoms with E-state index in [2.05, 4.69) is 0 Å². The van der Waals surface area contributed by atoms with Gasteiger partial charge < -0.3 is 10.2 Å². The monoisotopic (exact) mass is 296 g/mol. The van der Waals surface area contributed by atoms with Crippen molar-refractivity contribution < 1.29 is 15.0 Å². The van der Waals surface area contributed by atoms with Gasteiger partial charge in [-0.2, -0.15) is 0 Å². The predicted octanol–water partition coefficient (Wildman–Crippen LogP) is 3.42. The zero-order valence-electron chi connectivity index (χ0n) is 10.3. The van der Waals surface area contributed by atoms with Crippen molar-refractivity contribution in [1.29, 1.82) is 0 Å². The molecular weight excluding hydrogens is 284 g/mol. The zero-order chi connectivity index (χ0) is 14.0. The van der Waals surface area contributed by atoms with Crippen molar-refractivity contribution in [2.75, 3.05) is 5.75 Å². The fourth-order valence-electron chi connectivity index (χ4n) is 1.57. The van der Waals surface area contributed by atoms with Crippen LogP contribution < -0.4 is 0 Å². The molecule has 0 spiro atoms. The van der Waals surface area contributed by atoms with Crippen LogP contribution in [0.4, 0.5) is 0 Å². The number of thioether (sulfide) groups is 1. The van der Waals surface area contributed by atoms with Crippen LogP contribution in [0.2, 0.25) is 5.02 Å². The van der Waals surface area contributed by atoms with E-state index >= 15 is 0 Å². The van der Waals surface area contributed by atoms with E-state index in [1.807, 2.05) is 36.4 Å². The Hall–Kier alpha value is -1.23. The average Bonchev–Trinajstić information content (AvgIpc) is 2.36. The highest BCUT2D eigenvalue weighted by molar-refractivity contribution is 7.99. The number of carbonyl (C=O) groups is 1. The van der Waals surface area contributed by atoms with Crippen molar-refractivity contribution in [1.82, 2.24) is 0 Å². The Bertz CT molecular complexity index is 625. The summed E-state index contributed by atoms with van der Waals surface area (Å²) in [6.07, 6.45) is 0. The molecule has 0 unspecified atom stereocenters. The molecule has 2 rings (SSSR count). The van der Waals surface area contributed by atoms with Gasteiger partial charge in [0.15, 0.2) is 5.60 Å². The quantitative estimate of drug-likeness (QED) is 0.849. The van der Waals surface area contributed by atoms with Crippen LogP contribution in [0.25, 0.3) is 10.8 Å². The largest absolute Gasteiger partial charge is 0.479 e. The van der Waals surface area contributed by atoms with Crippen molar-refractivity contribution in [2.45, 2.75) is 17.4 Å². The topological polar surface area (TPSA) is 57.5 Å². The minimum Gasteiger partial charge on any atom is -0.479 e. The number of carboxylic acid groups (broad SMARTS) is 1. The minimum absolute atomic E-state index is 0.0986. The molecule has 0 saturated heterocycles. The molecule has 0 aliphatic carbocycles. The summed E-state index contributed by atoms with van der Waals surface area (Å²) in [7, 11) is 0. The molecule has 0 amide bonds. The van der Waals surface area contributed by atoms with E-state index in [1.54, 1.807) is 0 Å². The number of benzene rings is 2. The van der Waals surface area contributed by atoms with E-state index < -0.39 is 11.6 Å². The lowest BCUT2D eigenvalue weighted by Gasteiger charge is -2.17. The van der Waals surface area contributed by atoms with Crippen LogP contribution in [0.15, 0.2) is 41.3 Å². The van der Waals surface area contributed by atoms with Crippen molar-refractivity contribution >= 4 is 40.1 Å². The van der Waals surface area contributed by atoms with Gasteiger partial charge in [-0.1, -0.05) is 23.7 Å². The molecule has 2 aromatic carbocycles. The molecule has 0 bridgehead atoms. The number of aliphatic carboxylic acids is 1. The van der Waals surface area contributed by atoms with E-state index in [0.717, 1.165) is 15.7 Å². The molecule has 0 aromatic heterocycles. The van der Waals surface area contributed by atoms with Gasteiger partial charge in [0.25, 0.3) is 0 Å². The van der Waals surface area contributed by atoms with Gasteiger partial charge in [0.05, 0.1) is 0 Å². The van der Waals surface area contributed by atoms with Crippen LogP contribution in [-0.4, -0.2) is 27.5 Å². The minimum atomic E-state index is -1.72. The maximum Gasteiger partial charge on any atom is 0.336 e. The van der Waals surface area contributed by atoms with Gasteiger partial charge in [-0.15, -0.1) is 11.8 Å². The summed E-state index contributed by atoms with van der Waals surface area (Å²) in [4.78, 5) is 11.7. The number of aliphatic hydroxyl groups is 1. The summed E-state index contributed by atoms with van der Waals surface area (Å²) in [6, 6.07) is 11.4. The van der Waals surface area contributed by atoms with Crippen molar-refractivity contribution in [3.63, 3.8) is 0 Å². The number of hydrogen-bond acceptors (Lipinski definition) is 3. The predicted molar refractivity (Wildman–Crippen MR) is 77.9 cm³/mol. The normalized spacial score (nSPS) is 14.3. The molecule has 19 heavy (non-hydrogen) atoms. The van der Waals surface area contributed by atoms with E-state index in [9.17, 15) is 9.90 Å². The number of fused-ring (bicyclic) bond motifs is 1. The maximum absolute atomic E-state index is 10.8. The van der Waals surface area contributed by atoms with Gasteiger partial charge in [0, 0.05) is 15.7 Å². The molecule has 5 heteroatoms. The SMILES string of the molecule is C[C@@](O)(CSc1ccc2cc(Cl)ccc2c1)C(=O)O. The standard InChI is InChI=1S/C14H13ClO3S/c1-14(18,13(16)17)8-19-12-5-3-9-6-11(15)4-2-10(9)7-12/h2-7,18H,8H2,1H3,(H,16,17)/t14-/m1/s1. The lowest BCUT2D eigenvalue weighted by Crippen LogP contribution is -2.37. The summed E-state index contributed by atoms with van der Waals surface area (Å²) >= 11 is 7.22. The Morgan fingerprint density at radius 3 is 2.58 bits per heavy atom. The van der Waals surface area contributed by atoms with E-state index in [-0.39, 0.29) is 5.75 Å². The fourth-order valence-corrected chi connectivity index (χ4v) is 2.70. The van der Waals surface area contributed by atoms with Gasteiger partial charge in [-0.25, -0.2) is 4.79 Å². The average molecular weight is 297 g/mol. The zero-order valence-corrected chi connectivity index (χ0v) is 11.8. The summed E-state index contributed by atoms with van der Waals surface area (Å²) in [5.41, 5.74) is -1.72. The first-order valence-corrected chi connectivity index (χ1v) is 7.03. The number of rotatable bonds is 4. The molecule has 0 radical (unpaired) electrons. The molecule has 0 saturated carbocycles. The fraction of sp³-hybridized carbons (Fsp3) is 0.214. The first-order valence-electron chi connectivity index (χ1n) is 5.66. The van der Waals surface area contributed by atoms with Crippen molar-refractivity contribution in [3.05, 3.63) is 41.4 Å². The molecule has 0 heterocycles. The molecule has 100 valence electrons. The molecule has 2 aromatic rings. The second kappa shape index (κ2) is 5.41. The number of carboxylic acids is 1. The van der Waals surface area contributed by atoms with Gasteiger partial charge in [0.2, 0.25) is 0 Å². The molecule has 0 aliphatic rings. The highest BCUT2D eigenvalue weighted by atomic mass is 35.5. The third-order valence-electron chi connectivity index (χ3n) is 2.75. The van der Waals surface area contributed by atoms with Crippen LogP contribution in [0.3, 0.4) is 0 Å².